The van der Waals surface area contributed by atoms with Gasteiger partial charge in [0.25, 0.3) is 0 Å². The number of nitrogens with zero attached hydrogens (tertiary/aromatic N) is 1. The number of nitrogens with one attached hydrogen (secondary N) is 2. The van der Waals surface area contributed by atoms with Gasteiger partial charge in [-0.05, 0) is 56.0 Å². The van der Waals surface area contributed by atoms with E-state index in [0.717, 1.165) is 38.1 Å². The lowest BCUT2D eigenvalue weighted by Crippen LogP contribution is -2.35. The highest BCUT2D eigenvalue weighted by molar-refractivity contribution is 7.89. The molecule has 1 amide bonds. The van der Waals surface area contributed by atoms with Crippen LogP contribution in [0.3, 0.4) is 0 Å². The Balaban J connectivity index is 0.00000261. The van der Waals surface area contributed by atoms with E-state index >= 15 is 0 Å². The molecule has 2 aliphatic heterocycles. The topological polar surface area (TPSA) is 78.5 Å². The van der Waals surface area contributed by atoms with Gasteiger partial charge in [0.15, 0.2) is 11.6 Å². The van der Waals surface area contributed by atoms with Crippen LogP contribution in [0.4, 0.5) is 8.78 Å². The number of benzene rings is 1. The van der Waals surface area contributed by atoms with E-state index in [0.29, 0.717) is 31.0 Å². The lowest BCUT2D eigenvalue weighted by atomic mass is 9.92. The van der Waals surface area contributed by atoms with Gasteiger partial charge in [-0.25, -0.2) is 21.9 Å². The van der Waals surface area contributed by atoms with E-state index < -0.39 is 21.7 Å². The van der Waals surface area contributed by atoms with E-state index in [1.54, 1.807) is 4.90 Å². The molecule has 0 radical (unpaired) electrons. The minimum Gasteiger partial charge on any atom is -0.343 e. The first-order valence-corrected chi connectivity index (χ1v) is 10.3. The maximum Gasteiger partial charge on any atom is 0.240 e. The summed E-state index contributed by atoms with van der Waals surface area (Å²) in [6.07, 6.45) is 1.96. The van der Waals surface area contributed by atoms with E-state index in [9.17, 15) is 22.0 Å². The molecule has 0 spiro atoms. The Hall–Kier alpha value is -1.29. The van der Waals surface area contributed by atoms with Gasteiger partial charge < -0.3 is 10.2 Å². The third-order valence-corrected chi connectivity index (χ3v) is 6.66. The van der Waals surface area contributed by atoms with E-state index in [2.05, 4.69) is 10.0 Å². The van der Waals surface area contributed by atoms with Gasteiger partial charge in [0.1, 0.15) is 0 Å². The molecule has 2 N–H and O–H groups in total. The van der Waals surface area contributed by atoms with Gasteiger partial charge in [-0.15, -0.1) is 12.4 Å². The summed E-state index contributed by atoms with van der Waals surface area (Å²) in [7, 11) is -3.98. The van der Waals surface area contributed by atoms with E-state index in [-0.39, 0.29) is 36.2 Å². The van der Waals surface area contributed by atoms with E-state index in [1.807, 2.05) is 0 Å². The number of carbonyl (C=O) groups is 1. The van der Waals surface area contributed by atoms with Crippen LogP contribution >= 0.6 is 12.4 Å². The highest BCUT2D eigenvalue weighted by Gasteiger charge is 2.31. The smallest absolute Gasteiger partial charge is 0.240 e. The summed E-state index contributed by atoms with van der Waals surface area (Å²) in [6, 6.07) is 2.38. The van der Waals surface area contributed by atoms with E-state index in [4.69, 9.17) is 0 Å². The Labute approximate surface area is 164 Å². The van der Waals surface area contributed by atoms with Crippen LogP contribution in [0.2, 0.25) is 0 Å². The molecule has 2 heterocycles. The largest absolute Gasteiger partial charge is 0.343 e. The molecule has 1 aromatic carbocycles. The lowest BCUT2D eigenvalue weighted by Gasteiger charge is -2.21. The zero-order valence-electron chi connectivity index (χ0n) is 14.8. The Morgan fingerprint density at radius 3 is 2.37 bits per heavy atom. The number of sulfonamides is 1. The number of likely N-dealkylation sites (tertiary alicyclic amines) is 1. The third kappa shape index (κ3) is 5.37. The fourth-order valence-corrected chi connectivity index (χ4v) is 4.69. The molecule has 2 fully saturated rings. The Bertz CT molecular complexity index is 765. The summed E-state index contributed by atoms with van der Waals surface area (Å²) < 4.78 is 52.6. The summed E-state index contributed by atoms with van der Waals surface area (Å²) in [5.41, 5.74) is 0. The molecule has 152 valence electrons. The van der Waals surface area contributed by atoms with Gasteiger partial charge >= 0.3 is 0 Å². The summed E-state index contributed by atoms with van der Waals surface area (Å²) in [4.78, 5) is 13.8. The molecule has 0 bridgehead atoms. The number of rotatable bonds is 5. The predicted octanol–water partition coefficient (Wildman–Crippen LogP) is 1.51. The van der Waals surface area contributed by atoms with Gasteiger partial charge in [0.05, 0.1) is 4.90 Å². The molecule has 0 unspecified atom stereocenters. The molecular formula is C17H24ClF2N3O3S. The molecule has 2 atom stereocenters. The molecule has 2 saturated heterocycles. The second-order valence-corrected chi connectivity index (χ2v) is 8.63. The van der Waals surface area contributed by atoms with Crippen LogP contribution in [-0.2, 0) is 14.8 Å². The van der Waals surface area contributed by atoms with Crippen LogP contribution in [-0.4, -0.2) is 51.9 Å². The average molecular weight is 424 g/mol. The van der Waals surface area contributed by atoms with Crippen LogP contribution in [0.15, 0.2) is 23.1 Å². The van der Waals surface area contributed by atoms with Crippen LogP contribution in [0.5, 0.6) is 0 Å². The Kier molecular flexibility index (Phi) is 7.55. The average Bonchev–Trinajstić information content (AvgIpc) is 2.95. The highest BCUT2D eigenvalue weighted by atomic mass is 35.5. The first-order chi connectivity index (χ1) is 12.4. The van der Waals surface area contributed by atoms with Gasteiger partial charge in [-0.1, -0.05) is 0 Å². The maximum absolute atomic E-state index is 13.2. The van der Waals surface area contributed by atoms with Crippen molar-refractivity contribution in [3.63, 3.8) is 0 Å². The van der Waals surface area contributed by atoms with Crippen LogP contribution in [0.25, 0.3) is 0 Å². The van der Waals surface area contributed by atoms with Crippen molar-refractivity contribution < 1.29 is 22.0 Å². The molecule has 3 rings (SSSR count). The number of fused-ring (bicyclic) bond motifs is 1. The summed E-state index contributed by atoms with van der Waals surface area (Å²) in [6.45, 7) is 3.31. The number of hydrogen-bond donors (Lipinski definition) is 2. The van der Waals surface area contributed by atoms with Crippen LogP contribution in [0, 0.1) is 23.5 Å². The standard InChI is InChI=1S/C17H23F2N3O3S.ClH/c18-15-2-1-14(9-16(15)19)26(24,25)21-6-3-17(23)22-7-4-12-10-20-11-13(12)5-8-22;/h1-2,9,12-13,20-21H,3-8,10-11H2;1H/t12-,13+;. The van der Waals surface area contributed by atoms with Crippen molar-refractivity contribution in [3.05, 3.63) is 29.8 Å². The van der Waals surface area contributed by atoms with Gasteiger partial charge in [0.2, 0.25) is 15.9 Å². The first kappa shape index (κ1) is 22.0. The quantitative estimate of drug-likeness (QED) is 0.752. The minimum absolute atomic E-state index is 0. The third-order valence-electron chi connectivity index (χ3n) is 5.20. The maximum atomic E-state index is 13.2. The van der Waals surface area contributed by atoms with Crippen molar-refractivity contribution >= 4 is 28.3 Å². The second-order valence-electron chi connectivity index (χ2n) is 6.86. The lowest BCUT2D eigenvalue weighted by molar-refractivity contribution is -0.131. The Morgan fingerprint density at radius 2 is 1.78 bits per heavy atom. The van der Waals surface area contributed by atoms with E-state index in [1.165, 1.54) is 0 Å². The monoisotopic (exact) mass is 423 g/mol. The van der Waals surface area contributed by atoms with Gasteiger partial charge in [0, 0.05) is 26.1 Å². The fourth-order valence-electron chi connectivity index (χ4n) is 3.65. The predicted molar refractivity (Wildman–Crippen MR) is 99.1 cm³/mol. The molecule has 2 aliphatic rings. The second kappa shape index (κ2) is 9.27. The number of carbonyl (C=O) groups excluding carboxylic acids is 1. The molecule has 0 aliphatic carbocycles. The number of amides is 1. The summed E-state index contributed by atoms with van der Waals surface area (Å²) in [5, 5.41) is 3.38. The summed E-state index contributed by atoms with van der Waals surface area (Å²) in [5.74, 6) is -1.21. The Morgan fingerprint density at radius 1 is 1.15 bits per heavy atom. The molecule has 6 nitrogen and oxygen atoms in total. The van der Waals surface area contributed by atoms with Crippen molar-refractivity contribution in [1.82, 2.24) is 14.9 Å². The van der Waals surface area contributed by atoms with Crippen molar-refractivity contribution in [2.75, 3.05) is 32.7 Å². The molecule has 1 aromatic rings. The molecule has 27 heavy (non-hydrogen) atoms. The normalized spacial score (nSPS) is 22.7. The minimum atomic E-state index is -3.98. The highest BCUT2D eigenvalue weighted by Crippen LogP contribution is 2.27. The zero-order valence-corrected chi connectivity index (χ0v) is 16.4. The number of hydrogen-bond acceptors (Lipinski definition) is 4. The van der Waals surface area contributed by atoms with Crippen molar-refractivity contribution in [3.8, 4) is 0 Å². The van der Waals surface area contributed by atoms with Crippen LogP contribution in [0.1, 0.15) is 19.3 Å². The van der Waals surface area contributed by atoms with Gasteiger partial charge in [-0.3, -0.25) is 4.79 Å². The zero-order chi connectivity index (χ0) is 18.7. The fraction of sp³-hybridized carbons (Fsp3) is 0.588. The van der Waals surface area contributed by atoms with Crippen molar-refractivity contribution in [2.24, 2.45) is 11.8 Å². The molecule has 0 saturated carbocycles. The molecule has 10 heteroatoms. The molecule has 0 aromatic heterocycles. The summed E-state index contributed by atoms with van der Waals surface area (Å²) >= 11 is 0. The van der Waals surface area contributed by atoms with Crippen LogP contribution < -0.4 is 10.0 Å². The van der Waals surface area contributed by atoms with Crippen molar-refractivity contribution in [1.29, 1.82) is 0 Å². The number of halogens is 3. The molecular weight excluding hydrogens is 400 g/mol. The van der Waals surface area contributed by atoms with Gasteiger partial charge in [-0.2, -0.15) is 0 Å². The van der Waals surface area contributed by atoms with Crippen molar-refractivity contribution in [2.45, 2.75) is 24.2 Å². The first-order valence-electron chi connectivity index (χ1n) is 8.80. The SMILES string of the molecule is Cl.O=C(CCNS(=O)(=O)c1ccc(F)c(F)c1)N1CC[C@@H]2CNC[C@@H]2CC1.